The lowest BCUT2D eigenvalue weighted by Crippen LogP contribution is -2.34. The molecule has 0 radical (unpaired) electrons. The number of aromatic hydroxyl groups is 1. The summed E-state index contributed by atoms with van der Waals surface area (Å²) in [6.07, 6.45) is 0.850. The predicted molar refractivity (Wildman–Crippen MR) is 61.4 cm³/mol. The summed E-state index contributed by atoms with van der Waals surface area (Å²) < 4.78 is 0. The van der Waals surface area contributed by atoms with Gasteiger partial charge in [0.05, 0.1) is 0 Å². The smallest absolute Gasteiger partial charge is 0.325 e. The minimum absolute atomic E-state index is 0.0784. The minimum Gasteiger partial charge on any atom is -0.508 e. The molecular weight excluding hydrogens is 206 g/mol. The van der Waals surface area contributed by atoms with Crippen LogP contribution in [-0.4, -0.2) is 22.2 Å². The molecule has 0 saturated heterocycles. The van der Waals surface area contributed by atoms with E-state index in [4.69, 9.17) is 5.11 Å². The SMILES string of the molecule is CCC(C)NC(C(=O)O)c1cccc(O)c1. The number of carboxylic acids is 1. The maximum absolute atomic E-state index is 11.1. The van der Waals surface area contributed by atoms with Gasteiger partial charge in [0.2, 0.25) is 0 Å². The molecule has 0 heterocycles. The molecule has 0 aliphatic carbocycles. The average Bonchev–Trinajstić information content (AvgIpc) is 2.25. The van der Waals surface area contributed by atoms with Gasteiger partial charge >= 0.3 is 5.97 Å². The van der Waals surface area contributed by atoms with Crippen LogP contribution in [0.2, 0.25) is 0 Å². The zero-order valence-corrected chi connectivity index (χ0v) is 9.47. The standard InChI is InChI=1S/C12H17NO3/c1-3-8(2)13-11(12(15)16)9-5-4-6-10(14)7-9/h4-8,11,13-14H,3H2,1-2H3,(H,15,16). The molecule has 4 heteroatoms. The van der Waals surface area contributed by atoms with Crippen LogP contribution in [-0.2, 0) is 4.79 Å². The summed E-state index contributed by atoms with van der Waals surface area (Å²) in [4.78, 5) is 11.1. The van der Waals surface area contributed by atoms with E-state index in [1.165, 1.54) is 12.1 Å². The van der Waals surface area contributed by atoms with Crippen LogP contribution in [0.4, 0.5) is 0 Å². The van der Waals surface area contributed by atoms with Crippen LogP contribution in [0.25, 0.3) is 0 Å². The molecule has 0 aromatic heterocycles. The number of carbonyl (C=O) groups is 1. The van der Waals surface area contributed by atoms with Crippen LogP contribution in [0.1, 0.15) is 31.9 Å². The lowest BCUT2D eigenvalue weighted by atomic mass is 10.1. The molecule has 0 aliphatic rings. The molecule has 1 rings (SSSR count). The van der Waals surface area contributed by atoms with Gasteiger partial charge in [0.15, 0.2) is 0 Å². The molecule has 0 fully saturated rings. The van der Waals surface area contributed by atoms with Crippen molar-refractivity contribution in [1.82, 2.24) is 5.32 Å². The summed E-state index contributed by atoms with van der Waals surface area (Å²) in [7, 11) is 0. The van der Waals surface area contributed by atoms with E-state index in [1.54, 1.807) is 12.1 Å². The molecular formula is C12H17NO3. The number of hydrogen-bond acceptors (Lipinski definition) is 3. The van der Waals surface area contributed by atoms with Crippen LogP contribution in [0.5, 0.6) is 5.75 Å². The van der Waals surface area contributed by atoms with E-state index in [9.17, 15) is 9.90 Å². The second kappa shape index (κ2) is 5.51. The van der Waals surface area contributed by atoms with E-state index in [1.807, 2.05) is 13.8 Å². The molecule has 1 aromatic rings. The molecule has 4 nitrogen and oxygen atoms in total. The van der Waals surface area contributed by atoms with E-state index in [0.29, 0.717) is 5.56 Å². The van der Waals surface area contributed by atoms with Crippen LogP contribution < -0.4 is 5.32 Å². The second-order valence-electron chi connectivity index (χ2n) is 3.84. The van der Waals surface area contributed by atoms with Gasteiger partial charge in [0.25, 0.3) is 0 Å². The van der Waals surface area contributed by atoms with Gasteiger partial charge in [-0.3, -0.25) is 10.1 Å². The zero-order valence-electron chi connectivity index (χ0n) is 9.47. The first-order valence-corrected chi connectivity index (χ1v) is 5.32. The topological polar surface area (TPSA) is 69.6 Å². The molecule has 3 N–H and O–H groups in total. The summed E-state index contributed by atoms with van der Waals surface area (Å²) in [6.45, 7) is 3.91. The second-order valence-corrected chi connectivity index (χ2v) is 3.84. The Morgan fingerprint density at radius 1 is 1.50 bits per heavy atom. The van der Waals surface area contributed by atoms with Crippen molar-refractivity contribution in [1.29, 1.82) is 0 Å². The van der Waals surface area contributed by atoms with E-state index in [-0.39, 0.29) is 11.8 Å². The fourth-order valence-electron chi connectivity index (χ4n) is 1.42. The zero-order chi connectivity index (χ0) is 12.1. The maximum Gasteiger partial charge on any atom is 0.325 e. The van der Waals surface area contributed by atoms with E-state index in [2.05, 4.69) is 5.32 Å². The Morgan fingerprint density at radius 2 is 2.19 bits per heavy atom. The molecule has 0 amide bonds. The monoisotopic (exact) mass is 223 g/mol. The number of aliphatic carboxylic acids is 1. The molecule has 0 aliphatic heterocycles. The van der Waals surface area contributed by atoms with Crippen molar-refractivity contribution in [3.05, 3.63) is 29.8 Å². The van der Waals surface area contributed by atoms with Gasteiger partial charge in [0.1, 0.15) is 11.8 Å². The van der Waals surface area contributed by atoms with Crippen molar-refractivity contribution < 1.29 is 15.0 Å². The number of phenols is 1. The highest BCUT2D eigenvalue weighted by atomic mass is 16.4. The van der Waals surface area contributed by atoms with Crippen molar-refractivity contribution in [3.63, 3.8) is 0 Å². The Bertz CT molecular complexity index is 365. The van der Waals surface area contributed by atoms with Crippen LogP contribution in [0.3, 0.4) is 0 Å². The normalized spacial score (nSPS) is 14.4. The summed E-state index contributed by atoms with van der Waals surface area (Å²) in [5.41, 5.74) is 0.563. The number of phenolic OH excluding ortho intramolecular Hbond substituents is 1. The van der Waals surface area contributed by atoms with Gasteiger partial charge in [-0.15, -0.1) is 0 Å². The van der Waals surface area contributed by atoms with Gasteiger partial charge in [-0.2, -0.15) is 0 Å². The highest BCUT2D eigenvalue weighted by molar-refractivity contribution is 5.75. The first kappa shape index (κ1) is 12.5. The van der Waals surface area contributed by atoms with Gasteiger partial charge in [-0.1, -0.05) is 19.1 Å². The quantitative estimate of drug-likeness (QED) is 0.713. The fourth-order valence-corrected chi connectivity index (χ4v) is 1.42. The first-order chi connectivity index (χ1) is 7.54. The largest absolute Gasteiger partial charge is 0.508 e. The third-order valence-electron chi connectivity index (χ3n) is 2.51. The highest BCUT2D eigenvalue weighted by Crippen LogP contribution is 2.19. The minimum atomic E-state index is -0.939. The molecule has 0 saturated carbocycles. The van der Waals surface area contributed by atoms with Crippen molar-refractivity contribution in [2.24, 2.45) is 0 Å². The number of carboxylic acid groups (broad SMARTS) is 1. The maximum atomic E-state index is 11.1. The van der Waals surface area contributed by atoms with Crippen LogP contribution >= 0.6 is 0 Å². The third kappa shape index (κ3) is 3.24. The average molecular weight is 223 g/mol. The molecule has 88 valence electrons. The van der Waals surface area contributed by atoms with E-state index < -0.39 is 12.0 Å². The van der Waals surface area contributed by atoms with Crippen molar-refractivity contribution in [2.75, 3.05) is 0 Å². The highest BCUT2D eigenvalue weighted by Gasteiger charge is 2.21. The molecule has 2 atom stereocenters. The summed E-state index contributed by atoms with van der Waals surface area (Å²) in [6, 6.07) is 5.65. The van der Waals surface area contributed by atoms with E-state index >= 15 is 0 Å². The molecule has 1 aromatic carbocycles. The van der Waals surface area contributed by atoms with Gasteiger partial charge in [-0.05, 0) is 31.0 Å². The Labute approximate surface area is 94.9 Å². The van der Waals surface area contributed by atoms with Crippen LogP contribution in [0.15, 0.2) is 24.3 Å². The molecule has 16 heavy (non-hydrogen) atoms. The summed E-state index contributed by atoms with van der Waals surface area (Å²) in [5, 5.41) is 21.4. The number of hydrogen-bond donors (Lipinski definition) is 3. The molecule has 2 unspecified atom stereocenters. The lowest BCUT2D eigenvalue weighted by Gasteiger charge is -2.19. The van der Waals surface area contributed by atoms with Crippen molar-refractivity contribution in [2.45, 2.75) is 32.4 Å². The summed E-state index contributed by atoms with van der Waals surface area (Å²) >= 11 is 0. The summed E-state index contributed by atoms with van der Waals surface area (Å²) in [5.74, 6) is -0.861. The molecule has 0 spiro atoms. The van der Waals surface area contributed by atoms with Gasteiger partial charge in [-0.25, -0.2) is 0 Å². The van der Waals surface area contributed by atoms with Crippen molar-refractivity contribution in [3.8, 4) is 5.75 Å². The Morgan fingerprint density at radius 3 is 2.69 bits per heavy atom. The number of benzene rings is 1. The van der Waals surface area contributed by atoms with Gasteiger partial charge < -0.3 is 10.2 Å². The Balaban J connectivity index is 2.89. The predicted octanol–water partition coefficient (Wildman–Crippen LogP) is 1.91. The Hall–Kier alpha value is -1.55. The van der Waals surface area contributed by atoms with Crippen LogP contribution in [0, 0.1) is 0 Å². The van der Waals surface area contributed by atoms with E-state index in [0.717, 1.165) is 6.42 Å². The van der Waals surface area contributed by atoms with Crippen molar-refractivity contribution >= 4 is 5.97 Å². The third-order valence-corrected chi connectivity index (χ3v) is 2.51. The number of rotatable bonds is 5. The van der Waals surface area contributed by atoms with Gasteiger partial charge in [0, 0.05) is 6.04 Å². The number of nitrogens with one attached hydrogen (secondary N) is 1. The first-order valence-electron chi connectivity index (χ1n) is 5.32. The Kier molecular flexibility index (Phi) is 4.31. The lowest BCUT2D eigenvalue weighted by molar-refractivity contribution is -0.139. The molecule has 0 bridgehead atoms. The fraction of sp³-hybridized carbons (Fsp3) is 0.417.